The summed E-state index contributed by atoms with van der Waals surface area (Å²) in [4.78, 5) is 2.23. The minimum atomic E-state index is 0.648. The van der Waals surface area contributed by atoms with E-state index in [-0.39, 0.29) is 0 Å². The second-order valence-corrected chi connectivity index (χ2v) is 3.23. The topological polar surface area (TPSA) is 57.0 Å². The van der Waals surface area contributed by atoms with E-state index in [0.29, 0.717) is 26.4 Å². The average molecular weight is 220 g/mol. The number of rotatable bonds is 11. The van der Waals surface area contributed by atoms with Crippen molar-refractivity contribution >= 4 is 0 Å². The van der Waals surface area contributed by atoms with Crippen molar-refractivity contribution in [3.8, 4) is 0 Å². The van der Waals surface area contributed by atoms with Gasteiger partial charge in [-0.05, 0) is 0 Å². The fourth-order valence-corrected chi connectivity index (χ4v) is 1.18. The lowest BCUT2D eigenvalue weighted by Crippen LogP contribution is -2.35. The smallest absolute Gasteiger partial charge is 0.0700 e. The van der Waals surface area contributed by atoms with Crippen molar-refractivity contribution in [2.45, 2.75) is 0 Å². The van der Waals surface area contributed by atoms with Gasteiger partial charge in [0.2, 0.25) is 0 Å². The zero-order valence-electron chi connectivity index (χ0n) is 9.91. The Kier molecular flexibility index (Phi) is 11.7. The van der Waals surface area contributed by atoms with Crippen LogP contribution in [0, 0.1) is 0 Å². The van der Waals surface area contributed by atoms with Crippen molar-refractivity contribution in [2.75, 3.05) is 66.8 Å². The van der Waals surface area contributed by atoms with E-state index in [1.165, 1.54) is 0 Å². The van der Waals surface area contributed by atoms with Crippen molar-refractivity contribution in [1.29, 1.82) is 0 Å². The third kappa shape index (κ3) is 10.1. The van der Waals surface area contributed by atoms with Crippen molar-refractivity contribution < 1.29 is 14.2 Å². The van der Waals surface area contributed by atoms with Gasteiger partial charge in [-0.15, -0.1) is 0 Å². The Hall–Kier alpha value is -0.200. The molecule has 0 saturated carbocycles. The molecule has 15 heavy (non-hydrogen) atoms. The normalized spacial score (nSPS) is 11.2. The summed E-state index contributed by atoms with van der Waals surface area (Å²) in [6.45, 7) is 6.10. The second-order valence-electron chi connectivity index (χ2n) is 3.23. The van der Waals surface area contributed by atoms with Crippen LogP contribution >= 0.6 is 0 Å². The summed E-state index contributed by atoms with van der Waals surface area (Å²) < 4.78 is 15.3. The van der Waals surface area contributed by atoms with Crippen LogP contribution in [0.4, 0.5) is 0 Å². The lowest BCUT2D eigenvalue weighted by atomic mass is 10.4. The van der Waals surface area contributed by atoms with Crippen LogP contribution in [0.5, 0.6) is 0 Å². The van der Waals surface area contributed by atoms with Crippen LogP contribution in [0.2, 0.25) is 0 Å². The molecule has 0 aromatic heterocycles. The standard InChI is InChI=1S/C10H24N2O3/c1-13-7-5-12(4-3-11)6-8-15-10-9-14-2/h3-11H2,1-2H3. The van der Waals surface area contributed by atoms with Crippen LogP contribution in [0.15, 0.2) is 0 Å². The molecule has 0 atom stereocenters. The van der Waals surface area contributed by atoms with Gasteiger partial charge in [0, 0.05) is 40.4 Å². The van der Waals surface area contributed by atoms with Gasteiger partial charge in [0.15, 0.2) is 0 Å². The van der Waals surface area contributed by atoms with Crippen LogP contribution in [0.1, 0.15) is 0 Å². The van der Waals surface area contributed by atoms with Gasteiger partial charge in [-0.3, -0.25) is 4.90 Å². The fourth-order valence-electron chi connectivity index (χ4n) is 1.18. The number of nitrogens with zero attached hydrogens (tertiary/aromatic N) is 1. The van der Waals surface area contributed by atoms with E-state index < -0.39 is 0 Å². The van der Waals surface area contributed by atoms with Crippen LogP contribution in [-0.4, -0.2) is 71.7 Å². The maximum atomic E-state index is 5.51. The predicted octanol–water partition coefficient (Wildman–Crippen LogP) is -0.443. The quantitative estimate of drug-likeness (QED) is 0.478. The monoisotopic (exact) mass is 220 g/mol. The molecule has 0 aliphatic rings. The zero-order valence-corrected chi connectivity index (χ0v) is 9.91. The van der Waals surface area contributed by atoms with Gasteiger partial charge in [0.05, 0.1) is 26.4 Å². The Morgan fingerprint density at radius 1 is 0.867 bits per heavy atom. The van der Waals surface area contributed by atoms with Gasteiger partial charge in [0.1, 0.15) is 0 Å². The summed E-state index contributed by atoms with van der Waals surface area (Å²) in [6.07, 6.45) is 0. The summed E-state index contributed by atoms with van der Waals surface area (Å²) in [5, 5.41) is 0. The van der Waals surface area contributed by atoms with E-state index in [1.807, 2.05) is 0 Å². The number of nitrogens with two attached hydrogens (primary N) is 1. The predicted molar refractivity (Wildman–Crippen MR) is 60.1 cm³/mol. The molecule has 0 aromatic rings. The van der Waals surface area contributed by atoms with Crippen LogP contribution < -0.4 is 5.73 Å². The first-order valence-electron chi connectivity index (χ1n) is 5.33. The largest absolute Gasteiger partial charge is 0.383 e. The fraction of sp³-hybridized carbons (Fsp3) is 1.00. The molecule has 0 aromatic carbocycles. The molecule has 0 amide bonds. The van der Waals surface area contributed by atoms with E-state index in [0.717, 1.165) is 26.2 Å². The van der Waals surface area contributed by atoms with E-state index in [1.54, 1.807) is 14.2 Å². The number of hydrogen-bond acceptors (Lipinski definition) is 5. The van der Waals surface area contributed by atoms with Crippen molar-refractivity contribution in [2.24, 2.45) is 5.73 Å². The highest BCUT2D eigenvalue weighted by Crippen LogP contribution is 1.88. The van der Waals surface area contributed by atoms with E-state index >= 15 is 0 Å². The minimum absolute atomic E-state index is 0.648. The van der Waals surface area contributed by atoms with Gasteiger partial charge < -0.3 is 19.9 Å². The molecule has 0 spiro atoms. The lowest BCUT2D eigenvalue weighted by Gasteiger charge is -2.20. The third-order valence-corrected chi connectivity index (χ3v) is 2.04. The maximum absolute atomic E-state index is 5.51. The summed E-state index contributed by atoms with van der Waals surface area (Å²) in [5.74, 6) is 0. The Labute approximate surface area is 92.5 Å². The van der Waals surface area contributed by atoms with E-state index in [9.17, 15) is 0 Å². The van der Waals surface area contributed by atoms with Gasteiger partial charge in [-0.2, -0.15) is 0 Å². The Morgan fingerprint density at radius 3 is 2.13 bits per heavy atom. The molecular weight excluding hydrogens is 196 g/mol. The van der Waals surface area contributed by atoms with Crippen molar-refractivity contribution in [1.82, 2.24) is 4.90 Å². The Morgan fingerprint density at radius 2 is 1.53 bits per heavy atom. The number of ether oxygens (including phenoxy) is 3. The third-order valence-electron chi connectivity index (χ3n) is 2.04. The lowest BCUT2D eigenvalue weighted by molar-refractivity contribution is 0.0528. The molecule has 2 N–H and O–H groups in total. The molecule has 0 bridgehead atoms. The molecular formula is C10H24N2O3. The molecule has 5 nitrogen and oxygen atoms in total. The summed E-state index contributed by atoms with van der Waals surface area (Å²) >= 11 is 0. The second kappa shape index (κ2) is 11.9. The molecule has 0 aliphatic carbocycles. The van der Waals surface area contributed by atoms with Gasteiger partial charge >= 0.3 is 0 Å². The van der Waals surface area contributed by atoms with Crippen LogP contribution in [0.25, 0.3) is 0 Å². The first-order chi connectivity index (χ1) is 7.35. The van der Waals surface area contributed by atoms with Gasteiger partial charge in [-0.1, -0.05) is 0 Å². The number of methoxy groups -OCH3 is 2. The van der Waals surface area contributed by atoms with Crippen LogP contribution in [-0.2, 0) is 14.2 Å². The molecule has 92 valence electrons. The van der Waals surface area contributed by atoms with Crippen molar-refractivity contribution in [3.63, 3.8) is 0 Å². The molecule has 0 unspecified atom stereocenters. The summed E-state index contributed by atoms with van der Waals surface area (Å²) in [6, 6.07) is 0. The highest BCUT2D eigenvalue weighted by Gasteiger charge is 2.02. The SMILES string of the molecule is COCCOCCN(CCN)CCOC. The van der Waals surface area contributed by atoms with Crippen molar-refractivity contribution in [3.05, 3.63) is 0 Å². The minimum Gasteiger partial charge on any atom is -0.383 e. The Balaban J connectivity index is 3.38. The summed E-state index contributed by atoms with van der Waals surface area (Å²) in [7, 11) is 3.37. The maximum Gasteiger partial charge on any atom is 0.0700 e. The molecule has 0 heterocycles. The molecule has 0 saturated heterocycles. The first-order valence-corrected chi connectivity index (χ1v) is 5.33. The molecule has 0 rings (SSSR count). The van der Waals surface area contributed by atoms with Gasteiger partial charge in [-0.25, -0.2) is 0 Å². The molecule has 0 aliphatic heterocycles. The number of hydrogen-bond donors (Lipinski definition) is 1. The highest BCUT2D eigenvalue weighted by molar-refractivity contribution is 4.57. The van der Waals surface area contributed by atoms with E-state index in [2.05, 4.69) is 4.90 Å². The molecule has 5 heteroatoms. The van der Waals surface area contributed by atoms with E-state index in [4.69, 9.17) is 19.9 Å². The average Bonchev–Trinajstić information content (AvgIpc) is 2.25. The molecule has 0 fully saturated rings. The van der Waals surface area contributed by atoms with Gasteiger partial charge in [0.25, 0.3) is 0 Å². The first kappa shape index (κ1) is 14.8. The molecule has 0 radical (unpaired) electrons. The zero-order chi connectivity index (χ0) is 11.4. The highest BCUT2D eigenvalue weighted by atomic mass is 16.5. The summed E-state index contributed by atoms with van der Waals surface area (Å²) in [5.41, 5.74) is 5.51. The Bertz CT molecular complexity index is 125. The van der Waals surface area contributed by atoms with Crippen LogP contribution in [0.3, 0.4) is 0 Å².